The molecule has 0 radical (unpaired) electrons. The number of methoxy groups -OCH3 is 1. The first-order valence-corrected chi connectivity index (χ1v) is 4.96. The lowest BCUT2D eigenvalue weighted by molar-refractivity contribution is 0.420. The maximum atomic E-state index is 8.56. The fourth-order valence-electron chi connectivity index (χ4n) is 1.27. The zero-order valence-electron chi connectivity index (χ0n) is 7.65. The summed E-state index contributed by atoms with van der Waals surface area (Å²) < 4.78 is 6.22. The Balaban J connectivity index is 2.59. The normalized spacial score (nSPS) is 10.0. The molecule has 0 bridgehead atoms. The molecular weight excluding hydrogens is 196 g/mol. The van der Waals surface area contributed by atoms with Gasteiger partial charge in [-0.2, -0.15) is 5.26 Å². The third kappa shape index (κ3) is 1.42. The van der Waals surface area contributed by atoms with Gasteiger partial charge >= 0.3 is 0 Å². The van der Waals surface area contributed by atoms with E-state index < -0.39 is 0 Å². The number of hydrogen-bond donors (Lipinski definition) is 0. The van der Waals surface area contributed by atoms with Crippen molar-refractivity contribution in [3.05, 3.63) is 23.2 Å². The Morgan fingerprint density at radius 3 is 3.14 bits per heavy atom. The van der Waals surface area contributed by atoms with Crippen LogP contribution in [0.15, 0.2) is 18.2 Å². The van der Waals surface area contributed by atoms with Crippen molar-refractivity contribution in [2.45, 2.75) is 6.42 Å². The van der Waals surface area contributed by atoms with E-state index in [0.29, 0.717) is 6.42 Å². The molecule has 0 fully saturated rings. The average Bonchev–Trinajstić information content (AvgIpc) is 2.60. The molecule has 1 aromatic heterocycles. The zero-order valence-corrected chi connectivity index (χ0v) is 8.47. The number of hydrogen-bond acceptors (Lipinski definition) is 4. The third-order valence-corrected chi connectivity index (χ3v) is 2.96. The molecule has 0 aliphatic carbocycles. The topological polar surface area (TPSA) is 45.9 Å². The zero-order chi connectivity index (χ0) is 9.97. The van der Waals surface area contributed by atoms with E-state index in [1.807, 2.05) is 18.2 Å². The second kappa shape index (κ2) is 3.64. The van der Waals surface area contributed by atoms with Gasteiger partial charge in [-0.3, -0.25) is 0 Å². The lowest BCUT2D eigenvalue weighted by Gasteiger charge is -1.97. The van der Waals surface area contributed by atoms with Crippen molar-refractivity contribution >= 4 is 21.6 Å². The van der Waals surface area contributed by atoms with Gasteiger partial charge < -0.3 is 4.74 Å². The van der Waals surface area contributed by atoms with Gasteiger partial charge in [-0.15, -0.1) is 11.3 Å². The molecule has 0 saturated heterocycles. The molecule has 3 nitrogen and oxygen atoms in total. The van der Waals surface area contributed by atoms with E-state index in [1.54, 1.807) is 7.11 Å². The third-order valence-electron chi connectivity index (χ3n) is 1.87. The van der Waals surface area contributed by atoms with Crippen molar-refractivity contribution in [3.63, 3.8) is 0 Å². The van der Waals surface area contributed by atoms with Crippen LogP contribution in [0.1, 0.15) is 5.01 Å². The Labute approximate surface area is 85.6 Å². The number of thiazole rings is 1. The largest absolute Gasteiger partial charge is 0.495 e. The molecule has 70 valence electrons. The number of ether oxygens (including phenoxy) is 1. The van der Waals surface area contributed by atoms with E-state index in [1.165, 1.54) is 11.3 Å². The molecule has 0 N–H and O–H groups in total. The predicted octanol–water partition coefficient (Wildman–Crippen LogP) is 2.37. The summed E-state index contributed by atoms with van der Waals surface area (Å²) in [5, 5.41) is 9.40. The summed E-state index contributed by atoms with van der Waals surface area (Å²) in [5.74, 6) is 0.823. The molecule has 0 spiro atoms. The molecular formula is C10H8N2OS. The minimum absolute atomic E-state index is 0.364. The van der Waals surface area contributed by atoms with Gasteiger partial charge in [0.15, 0.2) is 0 Å². The van der Waals surface area contributed by atoms with E-state index in [9.17, 15) is 0 Å². The second-order valence-corrected chi connectivity index (χ2v) is 3.83. The fraction of sp³-hybridized carbons (Fsp3) is 0.200. The molecule has 0 aliphatic rings. The highest BCUT2D eigenvalue weighted by atomic mass is 32.1. The lowest BCUT2D eigenvalue weighted by atomic mass is 10.3. The molecule has 4 heteroatoms. The van der Waals surface area contributed by atoms with E-state index in [-0.39, 0.29) is 0 Å². The van der Waals surface area contributed by atoms with Crippen molar-refractivity contribution in [1.82, 2.24) is 4.98 Å². The van der Waals surface area contributed by atoms with E-state index >= 15 is 0 Å². The Bertz CT molecular complexity index is 498. The summed E-state index contributed by atoms with van der Waals surface area (Å²) in [7, 11) is 1.64. The molecule has 0 unspecified atom stereocenters. The molecule has 2 rings (SSSR count). The van der Waals surface area contributed by atoms with Crippen molar-refractivity contribution in [2.24, 2.45) is 0 Å². The monoisotopic (exact) mass is 204 g/mol. The van der Waals surface area contributed by atoms with Crippen LogP contribution in [0.4, 0.5) is 0 Å². The quantitative estimate of drug-likeness (QED) is 0.754. The molecule has 0 aliphatic heterocycles. The van der Waals surface area contributed by atoms with Gasteiger partial charge in [0.2, 0.25) is 0 Å². The van der Waals surface area contributed by atoms with Crippen LogP contribution in [-0.4, -0.2) is 12.1 Å². The summed E-state index contributed by atoms with van der Waals surface area (Å²) in [6.07, 6.45) is 0.364. The summed E-state index contributed by atoms with van der Waals surface area (Å²) >= 11 is 1.51. The maximum Gasteiger partial charge on any atom is 0.138 e. The number of aromatic nitrogens is 1. The van der Waals surface area contributed by atoms with Crippen molar-refractivity contribution in [1.29, 1.82) is 5.26 Å². The number of benzene rings is 1. The smallest absolute Gasteiger partial charge is 0.138 e. The van der Waals surface area contributed by atoms with E-state index in [0.717, 1.165) is 21.0 Å². The van der Waals surface area contributed by atoms with Crippen molar-refractivity contribution < 1.29 is 4.74 Å². The highest BCUT2D eigenvalue weighted by Gasteiger charge is 2.07. The Hall–Kier alpha value is -1.60. The molecule has 0 saturated carbocycles. The highest BCUT2D eigenvalue weighted by molar-refractivity contribution is 7.19. The standard InChI is InChI=1S/C10H8N2OS/c1-13-8-4-2-3-7-10(8)14-9(12-7)5-6-11/h2-4H,5H2,1H3. The first-order valence-electron chi connectivity index (χ1n) is 4.14. The van der Waals surface area contributed by atoms with Crippen LogP contribution in [0, 0.1) is 11.3 Å². The first kappa shape index (κ1) is 8.97. The van der Waals surface area contributed by atoms with Crippen LogP contribution in [0.5, 0.6) is 5.75 Å². The van der Waals surface area contributed by atoms with Gasteiger partial charge in [0, 0.05) is 0 Å². The Kier molecular flexibility index (Phi) is 2.33. The van der Waals surface area contributed by atoms with Crippen molar-refractivity contribution in [3.8, 4) is 11.8 Å². The minimum Gasteiger partial charge on any atom is -0.495 e. The Morgan fingerprint density at radius 2 is 2.43 bits per heavy atom. The minimum atomic E-state index is 0.364. The van der Waals surface area contributed by atoms with E-state index in [2.05, 4.69) is 11.1 Å². The summed E-state index contributed by atoms with van der Waals surface area (Å²) in [4.78, 5) is 4.33. The molecule has 1 aromatic carbocycles. The number of fused-ring (bicyclic) bond motifs is 1. The van der Waals surface area contributed by atoms with Crippen LogP contribution in [0.25, 0.3) is 10.2 Å². The SMILES string of the molecule is COc1cccc2nc(CC#N)sc12. The average molecular weight is 204 g/mol. The van der Waals surface area contributed by atoms with Gasteiger partial charge in [0.05, 0.1) is 29.8 Å². The van der Waals surface area contributed by atoms with E-state index in [4.69, 9.17) is 10.00 Å². The van der Waals surface area contributed by atoms with Crippen LogP contribution >= 0.6 is 11.3 Å². The lowest BCUT2D eigenvalue weighted by Crippen LogP contribution is -1.81. The Morgan fingerprint density at radius 1 is 1.57 bits per heavy atom. The summed E-state index contributed by atoms with van der Waals surface area (Å²) in [5.41, 5.74) is 0.902. The van der Waals surface area contributed by atoms with Crippen LogP contribution in [-0.2, 0) is 6.42 Å². The first-order chi connectivity index (χ1) is 6.85. The molecule has 0 atom stereocenters. The molecule has 2 aromatic rings. The number of nitrogens with zero attached hydrogens (tertiary/aromatic N) is 2. The number of rotatable bonds is 2. The maximum absolute atomic E-state index is 8.56. The predicted molar refractivity (Wildman–Crippen MR) is 55.5 cm³/mol. The van der Waals surface area contributed by atoms with Gasteiger partial charge in [-0.1, -0.05) is 6.07 Å². The fourth-order valence-corrected chi connectivity index (χ4v) is 2.26. The van der Waals surface area contributed by atoms with Crippen LogP contribution < -0.4 is 4.74 Å². The molecule has 0 amide bonds. The van der Waals surface area contributed by atoms with Crippen LogP contribution in [0.2, 0.25) is 0 Å². The second-order valence-electron chi connectivity index (χ2n) is 2.75. The highest BCUT2D eigenvalue weighted by Crippen LogP contribution is 2.30. The van der Waals surface area contributed by atoms with Crippen molar-refractivity contribution in [2.75, 3.05) is 7.11 Å². The molecule has 14 heavy (non-hydrogen) atoms. The summed E-state index contributed by atoms with van der Waals surface area (Å²) in [6.45, 7) is 0. The van der Waals surface area contributed by atoms with Gasteiger partial charge in [0.25, 0.3) is 0 Å². The summed E-state index contributed by atoms with van der Waals surface area (Å²) in [6, 6.07) is 7.81. The number of nitriles is 1. The molecule has 1 heterocycles. The van der Waals surface area contributed by atoms with Gasteiger partial charge in [-0.05, 0) is 12.1 Å². The van der Waals surface area contributed by atoms with Gasteiger partial charge in [-0.25, -0.2) is 4.98 Å². The van der Waals surface area contributed by atoms with Gasteiger partial charge in [0.1, 0.15) is 10.8 Å². The van der Waals surface area contributed by atoms with Crippen LogP contribution in [0.3, 0.4) is 0 Å².